The van der Waals surface area contributed by atoms with Crippen molar-refractivity contribution >= 4 is 17.6 Å². The van der Waals surface area contributed by atoms with Gasteiger partial charge in [-0.1, -0.05) is 11.6 Å². The lowest BCUT2D eigenvalue weighted by Gasteiger charge is -2.19. The molecule has 0 bridgehead atoms. The van der Waals surface area contributed by atoms with Gasteiger partial charge in [-0.05, 0) is 39.0 Å². The largest absolute Gasteiger partial charge is 0.508 e. The molecule has 1 aromatic carbocycles. The van der Waals surface area contributed by atoms with E-state index in [1.165, 1.54) is 18.2 Å². The fourth-order valence-corrected chi connectivity index (χ4v) is 1.25. The minimum Gasteiger partial charge on any atom is -0.508 e. The average Bonchev–Trinajstić information content (AvgIpc) is 1.99. The Labute approximate surface area is 93.6 Å². The monoisotopic (exact) mass is 228 g/mol. The van der Waals surface area contributed by atoms with E-state index in [1.807, 2.05) is 0 Å². The Kier molecular flexibility index (Phi) is 3.25. The van der Waals surface area contributed by atoms with Crippen LogP contribution in [0.15, 0.2) is 18.2 Å². The number of hydrogen-bond donors (Lipinski definition) is 1. The Morgan fingerprint density at radius 3 is 2.47 bits per heavy atom. The summed E-state index contributed by atoms with van der Waals surface area (Å²) >= 11 is 5.79. The second kappa shape index (κ2) is 4.11. The van der Waals surface area contributed by atoms with Crippen LogP contribution in [-0.4, -0.2) is 16.7 Å². The molecule has 0 spiro atoms. The van der Waals surface area contributed by atoms with Crippen LogP contribution in [0, 0.1) is 0 Å². The summed E-state index contributed by atoms with van der Waals surface area (Å²) in [7, 11) is 0. The van der Waals surface area contributed by atoms with E-state index >= 15 is 0 Å². The second-order valence-electron chi connectivity index (χ2n) is 4.17. The highest BCUT2D eigenvalue weighted by atomic mass is 35.5. The van der Waals surface area contributed by atoms with Crippen molar-refractivity contribution < 1.29 is 14.6 Å². The molecule has 3 nitrogen and oxygen atoms in total. The van der Waals surface area contributed by atoms with Crippen molar-refractivity contribution in [1.29, 1.82) is 0 Å². The molecule has 0 aliphatic heterocycles. The van der Waals surface area contributed by atoms with Crippen molar-refractivity contribution in [2.45, 2.75) is 26.4 Å². The van der Waals surface area contributed by atoms with E-state index in [2.05, 4.69) is 0 Å². The summed E-state index contributed by atoms with van der Waals surface area (Å²) in [6, 6.07) is 4.14. The molecule has 0 aliphatic carbocycles. The van der Waals surface area contributed by atoms with Crippen molar-refractivity contribution in [2.75, 3.05) is 0 Å². The number of phenols is 1. The third-order valence-corrected chi connectivity index (χ3v) is 1.88. The van der Waals surface area contributed by atoms with E-state index in [1.54, 1.807) is 20.8 Å². The molecule has 0 aliphatic rings. The maximum absolute atomic E-state index is 11.6. The molecular formula is C11H13ClO3. The van der Waals surface area contributed by atoms with Gasteiger partial charge in [0.15, 0.2) is 0 Å². The molecule has 4 heteroatoms. The maximum atomic E-state index is 11.6. The molecule has 0 unspecified atom stereocenters. The predicted octanol–water partition coefficient (Wildman–Crippen LogP) is 3.00. The van der Waals surface area contributed by atoms with Gasteiger partial charge in [-0.15, -0.1) is 0 Å². The third kappa shape index (κ3) is 3.44. The van der Waals surface area contributed by atoms with E-state index in [-0.39, 0.29) is 16.3 Å². The van der Waals surface area contributed by atoms with Crippen LogP contribution in [0.5, 0.6) is 5.75 Å². The molecule has 0 atom stereocenters. The first-order chi connectivity index (χ1) is 6.79. The standard InChI is InChI=1S/C11H13ClO3/c1-11(2,3)15-10(14)8-5-4-7(13)6-9(8)12/h4-6,13H,1-3H3. The maximum Gasteiger partial charge on any atom is 0.340 e. The number of carbonyl (C=O) groups excluding carboxylic acids is 1. The second-order valence-corrected chi connectivity index (χ2v) is 4.57. The zero-order chi connectivity index (χ0) is 11.6. The molecule has 82 valence electrons. The van der Waals surface area contributed by atoms with Gasteiger partial charge in [0.05, 0.1) is 10.6 Å². The number of halogens is 1. The van der Waals surface area contributed by atoms with E-state index in [4.69, 9.17) is 21.4 Å². The van der Waals surface area contributed by atoms with Crippen LogP contribution >= 0.6 is 11.6 Å². The van der Waals surface area contributed by atoms with Crippen molar-refractivity contribution in [3.63, 3.8) is 0 Å². The highest BCUT2D eigenvalue weighted by Crippen LogP contribution is 2.23. The third-order valence-electron chi connectivity index (χ3n) is 1.57. The zero-order valence-electron chi connectivity index (χ0n) is 8.87. The molecule has 1 N–H and O–H groups in total. The first-order valence-corrected chi connectivity index (χ1v) is 4.89. The van der Waals surface area contributed by atoms with Crippen LogP contribution in [-0.2, 0) is 4.74 Å². The van der Waals surface area contributed by atoms with Gasteiger partial charge in [0.1, 0.15) is 11.4 Å². The quantitative estimate of drug-likeness (QED) is 0.752. The Morgan fingerprint density at radius 2 is 2.00 bits per heavy atom. The number of hydrogen-bond acceptors (Lipinski definition) is 3. The highest BCUT2D eigenvalue weighted by Gasteiger charge is 2.19. The van der Waals surface area contributed by atoms with Crippen LogP contribution in [0.1, 0.15) is 31.1 Å². The number of phenolic OH excluding ortho intramolecular Hbond substituents is 1. The van der Waals surface area contributed by atoms with Crippen LogP contribution in [0.25, 0.3) is 0 Å². The fraction of sp³-hybridized carbons (Fsp3) is 0.364. The van der Waals surface area contributed by atoms with Gasteiger partial charge in [0.2, 0.25) is 0 Å². The van der Waals surface area contributed by atoms with Crippen LogP contribution in [0.3, 0.4) is 0 Å². The Hall–Kier alpha value is -1.22. The number of aromatic hydroxyl groups is 1. The van der Waals surface area contributed by atoms with Crippen molar-refractivity contribution in [3.8, 4) is 5.75 Å². The summed E-state index contributed by atoms with van der Waals surface area (Å²) in [4.78, 5) is 11.6. The van der Waals surface area contributed by atoms with Crippen LogP contribution in [0.2, 0.25) is 5.02 Å². The van der Waals surface area contributed by atoms with Gasteiger partial charge >= 0.3 is 5.97 Å². The van der Waals surface area contributed by atoms with Gasteiger partial charge in [0, 0.05) is 0 Å². The van der Waals surface area contributed by atoms with Gasteiger partial charge in [-0.3, -0.25) is 0 Å². The lowest BCUT2D eigenvalue weighted by atomic mass is 10.1. The van der Waals surface area contributed by atoms with Crippen molar-refractivity contribution in [1.82, 2.24) is 0 Å². The van der Waals surface area contributed by atoms with E-state index in [0.29, 0.717) is 0 Å². The molecule has 0 aromatic heterocycles. The predicted molar refractivity (Wildman–Crippen MR) is 58.3 cm³/mol. The molecule has 1 rings (SSSR count). The summed E-state index contributed by atoms with van der Waals surface area (Å²) in [5, 5.41) is 9.30. The SMILES string of the molecule is CC(C)(C)OC(=O)c1ccc(O)cc1Cl. The summed E-state index contributed by atoms with van der Waals surface area (Å²) in [6.45, 7) is 5.33. The topological polar surface area (TPSA) is 46.5 Å². The number of benzene rings is 1. The molecule has 0 amide bonds. The first-order valence-electron chi connectivity index (χ1n) is 4.51. The molecule has 0 saturated carbocycles. The molecule has 0 saturated heterocycles. The number of ether oxygens (including phenoxy) is 1. The number of carbonyl (C=O) groups is 1. The summed E-state index contributed by atoms with van der Waals surface area (Å²) in [5.41, 5.74) is -0.303. The Bertz CT molecular complexity index is 380. The first kappa shape index (κ1) is 11.9. The molecule has 15 heavy (non-hydrogen) atoms. The highest BCUT2D eigenvalue weighted by molar-refractivity contribution is 6.33. The van der Waals surface area contributed by atoms with Crippen LogP contribution in [0.4, 0.5) is 0 Å². The van der Waals surface area contributed by atoms with Gasteiger partial charge in [-0.25, -0.2) is 4.79 Å². The van der Waals surface area contributed by atoms with Crippen LogP contribution < -0.4 is 0 Å². The van der Waals surface area contributed by atoms with Gasteiger partial charge in [0.25, 0.3) is 0 Å². The minimum absolute atomic E-state index is 0.0207. The minimum atomic E-state index is -0.557. The Balaban J connectivity index is 2.92. The molecule has 0 fully saturated rings. The normalized spacial score (nSPS) is 11.2. The summed E-state index contributed by atoms with van der Waals surface area (Å²) in [5.74, 6) is -0.472. The lowest BCUT2D eigenvalue weighted by molar-refractivity contribution is 0.00698. The molecule has 0 heterocycles. The fourth-order valence-electron chi connectivity index (χ4n) is 1.00. The average molecular weight is 229 g/mol. The number of esters is 1. The van der Waals surface area contributed by atoms with Crippen molar-refractivity contribution in [2.24, 2.45) is 0 Å². The number of rotatable bonds is 1. The van der Waals surface area contributed by atoms with Gasteiger partial charge < -0.3 is 9.84 Å². The summed E-state index contributed by atoms with van der Waals surface area (Å²) < 4.78 is 5.14. The Morgan fingerprint density at radius 1 is 1.40 bits per heavy atom. The van der Waals surface area contributed by atoms with E-state index < -0.39 is 11.6 Å². The van der Waals surface area contributed by atoms with E-state index in [0.717, 1.165) is 0 Å². The molecule has 1 aromatic rings. The molecule has 0 radical (unpaired) electrons. The zero-order valence-corrected chi connectivity index (χ0v) is 9.63. The van der Waals surface area contributed by atoms with Gasteiger partial charge in [-0.2, -0.15) is 0 Å². The smallest absolute Gasteiger partial charge is 0.340 e. The lowest BCUT2D eigenvalue weighted by Crippen LogP contribution is -2.24. The van der Waals surface area contributed by atoms with Crippen molar-refractivity contribution in [3.05, 3.63) is 28.8 Å². The molecular weight excluding hydrogens is 216 g/mol. The van der Waals surface area contributed by atoms with E-state index in [9.17, 15) is 4.79 Å². The summed E-state index contributed by atoms with van der Waals surface area (Å²) in [6.07, 6.45) is 0.